The maximum atomic E-state index is 2.33. The van der Waals surface area contributed by atoms with Gasteiger partial charge in [-0.05, 0) is 58.3 Å². The van der Waals surface area contributed by atoms with Gasteiger partial charge < -0.3 is 9.80 Å². The Morgan fingerprint density at radius 3 is 0.864 bits per heavy atom. The molecule has 0 fully saturated rings. The van der Waals surface area contributed by atoms with Crippen LogP contribution in [0.5, 0.6) is 0 Å². The van der Waals surface area contributed by atoms with Crippen LogP contribution in [0.25, 0.3) is 0 Å². The Morgan fingerprint density at radius 2 is 0.705 bits per heavy atom. The SMILES string of the molecule is CC(C)c1cccc(C(C)C)c1N1C=CN(c2c(C(C)C)cccc2C(C)C)[CH-]1.CC[Si](CC)CC.CC[Si](CC)CC.[Pt]. The summed E-state index contributed by atoms with van der Waals surface area (Å²) in [5.41, 5.74) is 8.29. The van der Waals surface area contributed by atoms with Gasteiger partial charge in [0.2, 0.25) is 0 Å². The third kappa shape index (κ3) is 12.6. The third-order valence-corrected chi connectivity index (χ3v) is 14.8. The third-order valence-electron chi connectivity index (χ3n) is 8.84. The molecule has 3 rings (SSSR count). The number of nitrogens with zero attached hydrogens (tertiary/aromatic N) is 2. The van der Waals surface area contributed by atoms with Crippen molar-refractivity contribution >= 4 is 29.0 Å². The molecular weight excluding hydrogens is 748 g/mol. The normalized spacial score (nSPS) is 12.7. The Kier molecular flexibility index (Phi) is 21.9. The van der Waals surface area contributed by atoms with Crippen molar-refractivity contribution in [2.24, 2.45) is 0 Å². The predicted molar refractivity (Wildman–Crippen MR) is 202 cm³/mol. The molecule has 0 unspecified atom stereocenters. The van der Waals surface area contributed by atoms with Gasteiger partial charge in [0, 0.05) is 50.0 Å². The van der Waals surface area contributed by atoms with E-state index < -0.39 is 0 Å². The monoisotopic (exact) mass is 814 g/mol. The molecule has 0 spiro atoms. The predicted octanol–water partition coefficient (Wildman–Crippen LogP) is 13.2. The zero-order valence-corrected chi connectivity index (χ0v) is 35.2. The van der Waals surface area contributed by atoms with E-state index >= 15 is 0 Å². The van der Waals surface area contributed by atoms with Gasteiger partial charge in [0.25, 0.3) is 0 Å². The molecule has 0 bridgehead atoms. The molecule has 1 aliphatic rings. The van der Waals surface area contributed by atoms with Crippen molar-refractivity contribution in [3.63, 3.8) is 0 Å². The van der Waals surface area contributed by atoms with Crippen LogP contribution >= 0.6 is 0 Å². The van der Waals surface area contributed by atoms with E-state index in [0.717, 1.165) is 0 Å². The summed E-state index contributed by atoms with van der Waals surface area (Å²) in [6, 6.07) is 22.2. The van der Waals surface area contributed by atoms with Crippen molar-refractivity contribution in [3.05, 3.63) is 77.7 Å². The zero-order valence-electron chi connectivity index (χ0n) is 31.0. The van der Waals surface area contributed by atoms with Gasteiger partial charge in [-0.25, -0.2) is 0 Å². The molecule has 5 heteroatoms. The number of benzene rings is 2. The summed E-state index contributed by atoms with van der Waals surface area (Å²) in [6.45, 7) is 34.4. The van der Waals surface area contributed by atoms with Crippen LogP contribution in [0, 0.1) is 6.67 Å². The first-order chi connectivity index (χ1) is 20.4. The fourth-order valence-corrected chi connectivity index (χ4v) is 8.74. The molecule has 0 aromatic heterocycles. The fourth-order valence-electron chi connectivity index (χ4n) is 5.74. The minimum absolute atomic E-state index is 0. The summed E-state index contributed by atoms with van der Waals surface area (Å²) >= 11 is 0. The molecule has 0 N–H and O–H groups in total. The number of rotatable bonds is 12. The van der Waals surface area contributed by atoms with E-state index in [0.29, 0.717) is 23.7 Å². The molecule has 0 aliphatic carbocycles. The molecule has 1 aliphatic heterocycles. The smallest absolute Gasteiger partial charge is 0.0470 e. The number of hydrogen-bond donors (Lipinski definition) is 0. The summed E-state index contributed by atoms with van der Waals surface area (Å²) in [6.07, 6.45) is 4.43. The van der Waals surface area contributed by atoms with Crippen molar-refractivity contribution in [1.29, 1.82) is 0 Å². The van der Waals surface area contributed by atoms with Crippen molar-refractivity contribution in [3.8, 4) is 0 Å². The van der Waals surface area contributed by atoms with Crippen molar-refractivity contribution < 1.29 is 21.1 Å². The molecule has 0 atom stereocenters. The number of hydrogen-bond acceptors (Lipinski definition) is 2. The summed E-state index contributed by atoms with van der Waals surface area (Å²) in [5, 5.41) is 0. The second-order valence-electron chi connectivity index (χ2n) is 13.0. The largest absolute Gasteiger partial charge is 0.479 e. The topological polar surface area (TPSA) is 6.48 Å². The van der Waals surface area contributed by atoms with E-state index in [2.05, 4.69) is 162 Å². The maximum absolute atomic E-state index is 2.33. The Morgan fingerprint density at radius 1 is 0.477 bits per heavy atom. The minimum Gasteiger partial charge on any atom is -0.479 e. The van der Waals surface area contributed by atoms with Crippen LogP contribution in [-0.2, 0) is 21.1 Å². The van der Waals surface area contributed by atoms with Crippen LogP contribution in [0.1, 0.15) is 143 Å². The van der Waals surface area contributed by atoms with Crippen LogP contribution in [0.3, 0.4) is 0 Å². The summed E-state index contributed by atoms with van der Waals surface area (Å²) in [7, 11) is 0.275. The van der Waals surface area contributed by atoms with Gasteiger partial charge in [-0.15, -0.1) is 6.67 Å². The molecular formula is C39H67N2PtSi2-. The minimum atomic E-state index is 0. The van der Waals surface area contributed by atoms with E-state index in [-0.39, 0.29) is 38.7 Å². The summed E-state index contributed by atoms with van der Waals surface area (Å²) < 4.78 is 0. The molecule has 2 aromatic rings. The second-order valence-corrected chi connectivity index (χ2v) is 20.3. The van der Waals surface area contributed by atoms with Gasteiger partial charge in [-0.2, -0.15) is 0 Å². The summed E-state index contributed by atoms with van der Waals surface area (Å²) in [5.74, 6) is 1.92. The van der Waals surface area contributed by atoms with E-state index in [1.807, 2.05) is 0 Å². The van der Waals surface area contributed by atoms with Crippen LogP contribution in [0.4, 0.5) is 11.4 Å². The second kappa shape index (κ2) is 22.4. The zero-order chi connectivity index (χ0) is 32.7. The van der Waals surface area contributed by atoms with E-state index in [1.54, 1.807) is 0 Å². The average molecular weight is 815 g/mol. The van der Waals surface area contributed by atoms with Crippen molar-refractivity contribution in [2.45, 2.75) is 157 Å². The maximum Gasteiger partial charge on any atom is 0.0470 e. The molecule has 0 saturated heterocycles. The first-order valence-electron chi connectivity index (χ1n) is 17.4. The average Bonchev–Trinajstić information content (AvgIpc) is 3.48. The molecule has 2 nitrogen and oxygen atoms in total. The quantitative estimate of drug-likeness (QED) is 0.156. The Bertz CT molecular complexity index is 925. The van der Waals surface area contributed by atoms with Crippen LogP contribution in [0.15, 0.2) is 48.8 Å². The first-order valence-corrected chi connectivity index (χ1v) is 21.7. The summed E-state index contributed by atoms with van der Waals surface area (Å²) in [4.78, 5) is 4.65. The van der Waals surface area contributed by atoms with Gasteiger partial charge in [0.05, 0.1) is 0 Å². The standard InChI is InChI=1S/C27H37N2.2C6H15Si.Pt/c1-18(2)22-11-9-12-23(19(3)4)26(22)28-15-16-29(17-28)27-24(20(5)6)13-10-14-25(27)21(7)8;2*1-4-7(5-2)6-3;/h9-21H,1-8H3;2*4-6H2,1-3H3;/q-1;;;. The molecule has 0 saturated carbocycles. The molecule has 44 heavy (non-hydrogen) atoms. The fraction of sp³-hybridized carbons (Fsp3) is 0.615. The number of para-hydroxylation sites is 2. The van der Waals surface area contributed by atoms with Gasteiger partial charge in [-0.1, -0.05) is 170 Å². The Hall–Kier alpha value is -1.10. The van der Waals surface area contributed by atoms with Gasteiger partial charge in [0.1, 0.15) is 0 Å². The van der Waals surface area contributed by atoms with Gasteiger partial charge >= 0.3 is 0 Å². The molecule has 252 valence electrons. The van der Waals surface area contributed by atoms with Crippen LogP contribution in [-0.4, -0.2) is 17.6 Å². The molecule has 2 radical (unpaired) electrons. The van der Waals surface area contributed by atoms with Crippen molar-refractivity contribution in [2.75, 3.05) is 9.80 Å². The molecule has 1 heterocycles. The Labute approximate surface area is 293 Å². The van der Waals surface area contributed by atoms with Crippen LogP contribution in [0.2, 0.25) is 36.3 Å². The van der Waals surface area contributed by atoms with Gasteiger partial charge in [0.15, 0.2) is 0 Å². The van der Waals surface area contributed by atoms with E-state index in [1.165, 1.54) is 69.9 Å². The van der Waals surface area contributed by atoms with E-state index in [4.69, 9.17) is 0 Å². The Balaban J connectivity index is 0.00000103. The first kappa shape index (κ1) is 42.9. The molecule has 0 amide bonds. The van der Waals surface area contributed by atoms with E-state index in [9.17, 15) is 0 Å². The van der Waals surface area contributed by atoms with Gasteiger partial charge in [-0.3, -0.25) is 0 Å². The molecule has 2 aromatic carbocycles. The van der Waals surface area contributed by atoms with Crippen LogP contribution < -0.4 is 9.80 Å². The number of anilines is 2. The van der Waals surface area contributed by atoms with Crippen molar-refractivity contribution in [1.82, 2.24) is 0 Å².